The maximum absolute atomic E-state index is 16.9. The zero-order chi connectivity index (χ0) is 30.4. The minimum Gasteiger partial charge on any atom is -0.508 e. The first-order valence-corrected chi connectivity index (χ1v) is 15.7. The predicted octanol–water partition coefficient (Wildman–Crippen LogP) is 5.68. The summed E-state index contributed by atoms with van der Waals surface area (Å²) in [6.45, 7) is 6.20. The van der Waals surface area contributed by atoms with Crippen LogP contribution in [0.5, 0.6) is 17.6 Å². The molecule has 2 unspecified atom stereocenters. The summed E-state index contributed by atoms with van der Waals surface area (Å²) in [6.07, 6.45) is 6.75. The molecule has 44 heavy (non-hydrogen) atoms. The summed E-state index contributed by atoms with van der Waals surface area (Å²) in [4.78, 5) is 18.5. The van der Waals surface area contributed by atoms with Crippen molar-refractivity contribution < 1.29 is 28.1 Å². The van der Waals surface area contributed by atoms with Crippen molar-refractivity contribution in [1.82, 2.24) is 19.9 Å². The van der Waals surface area contributed by atoms with Crippen LogP contribution in [0.4, 0.5) is 14.6 Å². The lowest BCUT2D eigenvalue weighted by atomic mass is 9.80. The fourth-order valence-electron chi connectivity index (χ4n) is 7.76. The molecule has 5 heterocycles. The minimum atomic E-state index is -0.616. The number of aromatic hydroxyl groups is 1. The molecule has 1 aromatic carbocycles. The molecule has 0 spiro atoms. The Hall–Kier alpha value is -3.57. The van der Waals surface area contributed by atoms with Crippen molar-refractivity contribution in [3.8, 4) is 28.9 Å². The Labute approximate surface area is 255 Å². The topological polar surface area (TPSA) is 93.1 Å². The molecule has 2 atom stereocenters. The zero-order valence-corrected chi connectivity index (χ0v) is 25.4. The van der Waals surface area contributed by atoms with Crippen LogP contribution in [-0.4, -0.2) is 83.6 Å². The molecule has 0 amide bonds. The second-order valence-electron chi connectivity index (χ2n) is 12.6. The Morgan fingerprint density at radius 3 is 2.86 bits per heavy atom. The van der Waals surface area contributed by atoms with Crippen LogP contribution in [0.15, 0.2) is 24.0 Å². The molecule has 3 fully saturated rings. The highest BCUT2D eigenvalue weighted by Gasteiger charge is 2.47. The van der Waals surface area contributed by atoms with Crippen molar-refractivity contribution >= 4 is 16.7 Å². The summed E-state index contributed by atoms with van der Waals surface area (Å²) in [7, 11) is 1.51. The van der Waals surface area contributed by atoms with Gasteiger partial charge in [0.2, 0.25) is 5.88 Å². The van der Waals surface area contributed by atoms with Gasteiger partial charge in [-0.25, -0.2) is 13.8 Å². The number of phenols is 1. The number of aromatic nitrogens is 3. The van der Waals surface area contributed by atoms with Crippen LogP contribution < -0.4 is 14.4 Å². The number of hydrogen-bond donors (Lipinski definition) is 1. The fraction of sp³-hybridized carbons (Fsp3) is 0.545. The number of nitrogens with zero attached hydrogens (tertiary/aromatic N) is 5. The molecule has 3 aliphatic heterocycles. The monoisotopic (exact) mass is 607 g/mol. The van der Waals surface area contributed by atoms with Crippen molar-refractivity contribution in [2.75, 3.05) is 58.0 Å². The Kier molecular flexibility index (Phi) is 7.78. The summed E-state index contributed by atoms with van der Waals surface area (Å²) in [5.74, 6) is 0.321. The second kappa shape index (κ2) is 11.7. The molecule has 2 aromatic heterocycles. The van der Waals surface area contributed by atoms with E-state index in [9.17, 15) is 9.50 Å². The van der Waals surface area contributed by atoms with Crippen LogP contribution in [0.1, 0.15) is 62.5 Å². The van der Waals surface area contributed by atoms with Gasteiger partial charge >= 0.3 is 6.01 Å². The second-order valence-corrected chi connectivity index (χ2v) is 12.6. The van der Waals surface area contributed by atoms with Crippen LogP contribution in [0.2, 0.25) is 0 Å². The maximum atomic E-state index is 16.9. The lowest BCUT2D eigenvalue weighted by molar-refractivity contribution is 0.108. The molecule has 1 aliphatic carbocycles. The highest BCUT2D eigenvalue weighted by Crippen LogP contribution is 2.45. The van der Waals surface area contributed by atoms with Crippen LogP contribution in [0, 0.1) is 5.82 Å². The van der Waals surface area contributed by atoms with Gasteiger partial charge in [0, 0.05) is 31.8 Å². The number of anilines is 1. The number of aryl methyl sites for hydroxylation is 1. The van der Waals surface area contributed by atoms with E-state index in [1.807, 2.05) is 4.90 Å². The molecule has 3 aromatic rings. The third-order valence-corrected chi connectivity index (χ3v) is 9.82. The van der Waals surface area contributed by atoms with Gasteiger partial charge in [-0.2, -0.15) is 9.97 Å². The quantitative estimate of drug-likeness (QED) is 0.380. The van der Waals surface area contributed by atoms with E-state index in [-0.39, 0.29) is 46.9 Å². The van der Waals surface area contributed by atoms with Gasteiger partial charge in [-0.05, 0) is 86.2 Å². The van der Waals surface area contributed by atoms with Gasteiger partial charge < -0.3 is 24.2 Å². The van der Waals surface area contributed by atoms with Gasteiger partial charge in [0.1, 0.15) is 34.8 Å². The molecular formula is C33H39F2N5O4. The summed E-state index contributed by atoms with van der Waals surface area (Å²) >= 11 is 0. The van der Waals surface area contributed by atoms with E-state index >= 15 is 4.39 Å². The summed E-state index contributed by atoms with van der Waals surface area (Å²) in [5.41, 5.74) is 3.11. The third kappa shape index (κ3) is 5.03. The zero-order valence-electron chi connectivity index (χ0n) is 25.4. The number of halogens is 2. The number of methoxy groups -OCH3 is 1. The number of rotatable bonds is 6. The Balaban J connectivity index is 1.38. The maximum Gasteiger partial charge on any atom is 0.319 e. The van der Waals surface area contributed by atoms with Gasteiger partial charge in [0.15, 0.2) is 5.82 Å². The highest BCUT2D eigenvalue weighted by molar-refractivity contribution is 5.97. The molecule has 9 nitrogen and oxygen atoms in total. The summed E-state index contributed by atoms with van der Waals surface area (Å²) in [6, 6.07) is 3.42. The molecule has 1 N–H and O–H groups in total. The molecule has 4 aliphatic rings. The van der Waals surface area contributed by atoms with E-state index in [0.29, 0.717) is 62.4 Å². The van der Waals surface area contributed by atoms with Crippen molar-refractivity contribution in [3.05, 3.63) is 41.0 Å². The van der Waals surface area contributed by atoms with Crippen LogP contribution >= 0.6 is 0 Å². The van der Waals surface area contributed by atoms with E-state index < -0.39 is 5.82 Å². The van der Waals surface area contributed by atoms with Crippen molar-refractivity contribution in [2.24, 2.45) is 0 Å². The largest absolute Gasteiger partial charge is 0.508 e. The molecule has 11 heteroatoms. The first-order valence-electron chi connectivity index (χ1n) is 15.7. The Bertz CT molecular complexity index is 1610. The smallest absolute Gasteiger partial charge is 0.319 e. The molecule has 234 valence electrons. The van der Waals surface area contributed by atoms with Crippen molar-refractivity contribution in [2.45, 2.75) is 63.3 Å². The third-order valence-electron chi connectivity index (χ3n) is 9.82. The predicted molar refractivity (Wildman–Crippen MR) is 163 cm³/mol. The molecule has 0 radical (unpaired) electrons. The van der Waals surface area contributed by atoms with E-state index in [1.165, 1.54) is 7.11 Å². The van der Waals surface area contributed by atoms with E-state index in [1.54, 1.807) is 12.1 Å². The van der Waals surface area contributed by atoms with E-state index in [0.717, 1.165) is 61.8 Å². The SMILES string of the molecule is COc1nc(-c2cc(O)cc3c2C(C)CCC3)c(F)c2nc(OCC34CCCN3C/C(=C/F)C4)nc(N3CCCOCC3)c12. The number of benzene rings is 1. The average Bonchev–Trinajstić information content (AvgIpc) is 3.44. The molecule has 0 bridgehead atoms. The molecule has 7 rings (SSSR count). The normalized spacial score (nSPS) is 24.9. The van der Waals surface area contributed by atoms with Gasteiger partial charge in [-0.15, -0.1) is 0 Å². The molecule has 3 saturated heterocycles. The Morgan fingerprint density at radius 2 is 2.02 bits per heavy atom. The fourth-order valence-corrected chi connectivity index (χ4v) is 7.76. The summed E-state index contributed by atoms with van der Waals surface area (Å²) in [5, 5.41) is 11.0. The van der Waals surface area contributed by atoms with Crippen LogP contribution in [0.25, 0.3) is 22.2 Å². The first-order chi connectivity index (χ1) is 21.4. The van der Waals surface area contributed by atoms with Crippen molar-refractivity contribution in [1.29, 1.82) is 0 Å². The van der Waals surface area contributed by atoms with Gasteiger partial charge in [-0.3, -0.25) is 4.90 Å². The highest BCUT2D eigenvalue weighted by atomic mass is 19.1. The number of ether oxygens (including phenoxy) is 3. The lowest BCUT2D eigenvalue weighted by Gasteiger charge is -2.31. The van der Waals surface area contributed by atoms with E-state index in [2.05, 4.69) is 16.8 Å². The number of fused-ring (bicyclic) bond motifs is 3. The van der Waals surface area contributed by atoms with Crippen LogP contribution in [0.3, 0.4) is 0 Å². The van der Waals surface area contributed by atoms with Crippen molar-refractivity contribution in [3.63, 3.8) is 0 Å². The van der Waals surface area contributed by atoms with Crippen LogP contribution in [-0.2, 0) is 11.2 Å². The number of hydrogen-bond acceptors (Lipinski definition) is 9. The summed E-state index contributed by atoms with van der Waals surface area (Å²) < 4.78 is 48.2. The van der Waals surface area contributed by atoms with Gasteiger partial charge in [0.05, 0.1) is 25.6 Å². The van der Waals surface area contributed by atoms with Gasteiger partial charge in [0.25, 0.3) is 0 Å². The standard InChI is InChI=1S/C33H39F2N5O4/c1-20-6-3-7-22-14-23(41)15-24(25(20)22)28-27(35)29-26(31(36-28)42-2)30(39-9-5-12-43-13-11-39)38-32(37-29)44-19-33-8-4-10-40(33)18-21(16-33)17-34/h14-15,17,20,41H,3-13,16,18-19H2,1-2H3/b21-17+. The number of pyridine rings is 1. The molecular weight excluding hydrogens is 568 g/mol. The Morgan fingerprint density at radius 1 is 1.14 bits per heavy atom. The minimum absolute atomic E-state index is 0.0501. The lowest BCUT2D eigenvalue weighted by Crippen LogP contribution is -2.43. The first kappa shape index (κ1) is 29.2. The van der Waals surface area contributed by atoms with Gasteiger partial charge in [-0.1, -0.05) is 6.92 Å². The van der Waals surface area contributed by atoms with E-state index in [4.69, 9.17) is 24.2 Å². The molecule has 0 saturated carbocycles. The number of phenolic OH excluding ortho intramolecular Hbond substituents is 1. The average molecular weight is 608 g/mol.